The summed E-state index contributed by atoms with van der Waals surface area (Å²) in [5.41, 5.74) is -0.473. The molecule has 11 unspecified atom stereocenters. The summed E-state index contributed by atoms with van der Waals surface area (Å²) in [6.07, 6.45) is -8.74. The molecule has 1 aromatic rings. The van der Waals surface area contributed by atoms with Crippen LogP contribution < -0.4 is 5.32 Å². The van der Waals surface area contributed by atoms with E-state index < -0.39 is 121 Å². The van der Waals surface area contributed by atoms with Crippen molar-refractivity contribution >= 4 is 40.3 Å². The van der Waals surface area contributed by atoms with Gasteiger partial charge in [0.15, 0.2) is 24.5 Å². The van der Waals surface area contributed by atoms with Crippen molar-refractivity contribution in [2.24, 2.45) is 50.2 Å². The highest BCUT2D eigenvalue weighted by atomic mass is 127. The van der Waals surface area contributed by atoms with Gasteiger partial charge in [-0.1, -0.05) is 78.2 Å². The van der Waals surface area contributed by atoms with E-state index in [1.807, 2.05) is 31.2 Å². The number of ether oxygens (including phenoxy) is 6. The fourth-order valence-corrected chi connectivity index (χ4v) is 17.2. The van der Waals surface area contributed by atoms with Gasteiger partial charge in [0.25, 0.3) is 0 Å². The van der Waals surface area contributed by atoms with Crippen LogP contribution in [0.4, 0.5) is 0 Å². The molecule has 19 nitrogen and oxygen atoms in total. The monoisotopic (exact) mass is 1250 g/mol. The van der Waals surface area contributed by atoms with E-state index in [1.54, 1.807) is 0 Å². The van der Waals surface area contributed by atoms with Gasteiger partial charge >= 0.3 is 5.97 Å². The van der Waals surface area contributed by atoms with Crippen molar-refractivity contribution in [2.75, 3.05) is 19.8 Å². The van der Waals surface area contributed by atoms with Crippen LogP contribution in [0.1, 0.15) is 162 Å². The Labute approximate surface area is 490 Å². The predicted molar refractivity (Wildman–Crippen MR) is 301 cm³/mol. The highest BCUT2D eigenvalue weighted by Crippen LogP contribution is 2.76. The minimum absolute atomic E-state index is 0.0428. The second-order valence-corrected chi connectivity index (χ2v) is 28.5. The molecule has 8 aliphatic rings. The number of carbonyl (C=O) groups excluding carboxylic acids is 3. The first-order chi connectivity index (χ1) is 38.2. The number of hydrogen-bond donors (Lipinski definition) is 10. The zero-order valence-corrected chi connectivity index (χ0v) is 50.4. The molecule has 3 saturated heterocycles. The van der Waals surface area contributed by atoms with Crippen LogP contribution >= 0.6 is 22.6 Å². The van der Waals surface area contributed by atoms with Gasteiger partial charge in [0.2, 0.25) is 12.2 Å². The van der Waals surface area contributed by atoms with Crippen LogP contribution in [-0.4, -0.2) is 175 Å². The number of allylic oxidation sites excluding steroid dienone is 2. The largest absolute Gasteiger partial charge is 0.432 e. The molecule has 3 aliphatic heterocycles. The number of benzene rings is 1. The Kier molecular flexibility index (Phi) is 19.1. The lowest BCUT2D eigenvalue weighted by molar-refractivity contribution is -0.369. The standard InChI is InChI=1S/C61H92INO18/c1-32-50(79-52-48(73)45(70)38(67)30-76-52)47(72)49(74)53(77-32)80-51-46(71)44(63-43(69)13-11-9-8-10-12-37(66)33-14-16-34(62)17-15-33)39(29-64)78-54(51)81-55(75)61-26-24-56(2,3)28-36(61)35-18-19-41-57(4)22-21-42(68)58(5,31-65)40(57)20-23-60(41,7)59(35,6)25-27-61/h14-18,32,36,38-42,44-54,64-65,67-68,70-74H,8-13,19-31H2,1-7H3,(H,63,69)/t32?,36?,38-,39?,40-,41?,42+,44+,45?,46?,47?,48?,49?,50+,51?,52+,53+,54+,57?,58-,59-,60+,61+/m1/s1. The number of aliphatic hydroxyl groups excluding tert-OH is 9. The Bertz CT molecular complexity index is 2430. The third-order valence-corrected chi connectivity index (χ3v) is 22.8. The zero-order chi connectivity index (χ0) is 58.8. The average Bonchev–Trinajstić information content (AvgIpc) is 1.76. The summed E-state index contributed by atoms with van der Waals surface area (Å²) in [5, 5.41) is 102. The minimum Gasteiger partial charge on any atom is -0.432 e. The molecule has 9 rings (SSSR count). The fourth-order valence-electron chi connectivity index (χ4n) is 16.8. The summed E-state index contributed by atoms with van der Waals surface area (Å²) >= 11 is 2.19. The molecule has 5 aliphatic carbocycles. The zero-order valence-electron chi connectivity index (χ0n) is 48.3. The second kappa shape index (κ2) is 24.5. The summed E-state index contributed by atoms with van der Waals surface area (Å²) in [5.74, 6) is -0.810. The molecule has 1 aromatic carbocycles. The lowest BCUT2D eigenvalue weighted by Crippen LogP contribution is -2.68. The van der Waals surface area contributed by atoms with Crippen molar-refractivity contribution in [3.63, 3.8) is 0 Å². The van der Waals surface area contributed by atoms with Gasteiger partial charge < -0.3 is 79.7 Å². The highest BCUT2D eigenvalue weighted by Gasteiger charge is 2.70. The first-order valence-electron chi connectivity index (χ1n) is 29.9. The number of Topliss-reactive ketones (excluding diaryl/α,β-unsaturated/α-hetero) is 1. The van der Waals surface area contributed by atoms with Crippen LogP contribution in [0.3, 0.4) is 0 Å². The van der Waals surface area contributed by atoms with Crippen molar-refractivity contribution in [3.8, 4) is 0 Å². The molecule has 0 radical (unpaired) electrons. The molecular formula is C61H92INO18. The number of rotatable bonds is 17. The first-order valence-corrected chi connectivity index (χ1v) is 31.0. The maximum Gasteiger partial charge on any atom is 0.315 e. The summed E-state index contributed by atoms with van der Waals surface area (Å²) in [6, 6.07) is 6.08. The number of halogens is 1. The lowest BCUT2D eigenvalue weighted by Gasteiger charge is -2.71. The van der Waals surface area contributed by atoms with Crippen molar-refractivity contribution in [1.82, 2.24) is 5.32 Å². The maximum atomic E-state index is 15.7. The number of nitrogens with one attached hydrogen (secondary N) is 1. The SMILES string of the molecule is CC1O[C@@H](OC2C(O)[C@@H](NC(=O)CCCCCCC(=O)c3ccc(I)cc3)C(CO)O[C@H]2OC(=O)[C@]23CCC(C)(C)CC2C2=CCC4C5(C)CC[C@H](O)[C@](C)(CO)[C@@H]5CC[C@]4(C)[C@]2(C)CC3)C(O)C(O)[C@H]1O[C@@H]1OC[C@@H](O)C(O)C1O. The Morgan fingerprint density at radius 1 is 0.716 bits per heavy atom. The normalized spacial score (nSPS) is 45.7. The van der Waals surface area contributed by atoms with Crippen LogP contribution in [0, 0.1) is 53.8 Å². The summed E-state index contributed by atoms with van der Waals surface area (Å²) < 4.78 is 37.8. The first kappa shape index (κ1) is 63.2. The highest BCUT2D eigenvalue weighted by molar-refractivity contribution is 14.1. The average molecular weight is 1250 g/mol. The van der Waals surface area contributed by atoms with Crippen LogP contribution in [0.25, 0.3) is 0 Å². The molecular weight excluding hydrogens is 1160 g/mol. The molecule has 0 bridgehead atoms. The Morgan fingerprint density at radius 3 is 2.07 bits per heavy atom. The molecule has 456 valence electrons. The van der Waals surface area contributed by atoms with Gasteiger partial charge in [0.05, 0.1) is 43.5 Å². The topological polar surface area (TPSA) is 301 Å². The van der Waals surface area contributed by atoms with Gasteiger partial charge in [-0.2, -0.15) is 0 Å². The van der Waals surface area contributed by atoms with E-state index in [9.17, 15) is 55.5 Å². The van der Waals surface area contributed by atoms with Gasteiger partial charge in [0.1, 0.15) is 48.8 Å². The quantitative estimate of drug-likeness (QED) is 0.0331. The molecule has 7 fully saturated rings. The number of fused-ring (bicyclic) bond motifs is 7. The van der Waals surface area contributed by atoms with Gasteiger partial charge in [-0.25, -0.2) is 0 Å². The van der Waals surface area contributed by atoms with Crippen LogP contribution in [0.2, 0.25) is 0 Å². The summed E-state index contributed by atoms with van der Waals surface area (Å²) in [7, 11) is 0. The van der Waals surface area contributed by atoms with E-state index in [4.69, 9.17) is 28.4 Å². The summed E-state index contributed by atoms with van der Waals surface area (Å²) in [6.45, 7) is 14.0. The molecule has 20 heteroatoms. The van der Waals surface area contributed by atoms with Gasteiger partial charge in [-0.3, -0.25) is 14.4 Å². The third kappa shape index (κ3) is 11.6. The lowest BCUT2D eigenvalue weighted by atomic mass is 9.33. The Morgan fingerprint density at radius 2 is 1.38 bits per heavy atom. The maximum absolute atomic E-state index is 15.7. The van der Waals surface area contributed by atoms with Crippen molar-refractivity contribution in [1.29, 1.82) is 0 Å². The number of aliphatic hydroxyl groups is 9. The number of ketones is 1. The van der Waals surface area contributed by atoms with Crippen LogP contribution in [0.5, 0.6) is 0 Å². The minimum atomic E-state index is -1.90. The van der Waals surface area contributed by atoms with Gasteiger partial charge in [-0.05, 0) is 158 Å². The molecule has 4 saturated carbocycles. The van der Waals surface area contributed by atoms with Gasteiger partial charge in [-0.15, -0.1) is 0 Å². The van der Waals surface area contributed by atoms with Crippen LogP contribution in [0.15, 0.2) is 35.9 Å². The van der Waals surface area contributed by atoms with Crippen LogP contribution in [-0.2, 0) is 38.0 Å². The second-order valence-electron chi connectivity index (χ2n) is 27.3. The molecule has 0 aromatic heterocycles. The van der Waals surface area contributed by atoms with Gasteiger partial charge in [0, 0.05) is 27.4 Å². The van der Waals surface area contributed by atoms with Crippen molar-refractivity contribution in [2.45, 2.75) is 243 Å². The van der Waals surface area contributed by atoms with E-state index in [0.717, 1.165) is 35.7 Å². The smallest absolute Gasteiger partial charge is 0.315 e. The Balaban J connectivity index is 0.949. The molecule has 10 N–H and O–H groups in total. The van der Waals surface area contributed by atoms with E-state index >= 15 is 4.79 Å². The number of esters is 1. The van der Waals surface area contributed by atoms with E-state index in [2.05, 4.69) is 68.6 Å². The molecule has 1 amide bonds. The Hall–Kier alpha value is -2.26. The van der Waals surface area contributed by atoms with Crippen molar-refractivity contribution < 1.29 is 88.8 Å². The fraction of sp³-hybridized carbons (Fsp3) is 0.820. The summed E-state index contributed by atoms with van der Waals surface area (Å²) in [4.78, 5) is 42.1. The predicted octanol–water partition coefficient (Wildman–Crippen LogP) is 4.73. The molecule has 23 atom stereocenters. The van der Waals surface area contributed by atoms with Crippen molar-refractivity contribution in [3.05, 3.63) is 45.0 Å². The van der Waals surface area contributed by atoms with E-state index in [-0.39, 0.29) is 64.8 Å². The number of unbranched alkanes of at least 4 members (excludes halogenated alkanes) is 3. The molecule has 81 heavy (non-hydrogen) atoms. The van der Waals surface area contributed by atoms with E-state index in [0.29, 0.717) is 69.8 Å². The number of hydrogen-bond acceptors (Lipinski definition) is 18. The number of amides is 1. The molecule has 3 heterocycles. The third-order valence-electron chi connectivity index (χ3n) is 22.1. The number of carbonyl (C=O) groups is 3. The van der Waals surface area contributed by atoms with E-state index in [1.165, 1.54) is 12.5 Å². The molecule has 0 spiro atoms.